The van der Waals surface area contributed by atoms with Crippen molar-refractivity contribution < 1.29 is 9.84 Å². The molecule has 1 heterocycles. The van der Waals surface area contributed by atoms with Crippen molar-refractivity contribution in [3.05, 3.63) is 28.2 Å². The Morgan fingerprint density at radius 3 is 3.12 bits per heavy atom. The number of hydrogen-bond donors (Lipinski definition) is 1. The van der Waals surface area contributed by atoms with Crippen LogP contribution in [-0.2, 0) is 4.74 Å². The molecule has 1 aliphatic heterocycles. The summed E-state index contributed by atoms with van der Waals surface area (Å²) in [5.74, 6) is 0.291. The molecular weight excluding hydrogens is 282 g/mol. The van der Waals surface area contributed by atoms with E-state index in [9.17, 15) is 5.11 Å². The van der Waals surface area contributed by atoms with Crippen molar-refractivity contribution in [3.8, 4) is 5.75 Å². The molecule has 1 N–H and O–H groups in total. The van der Waals surface area contributed by atoms with Gasteiger partial charge in [0.2, 0.25) is 0 Å². The molecule has 0 bridgehead atoms. The zero-order valence-electron chi connectivity index (χ0n) is 10.0. The Hall–Kier alpha value is -0.580. The number of aromatic hydroxyl groups is 1. The van der Waals surface area contributed by atoms with Gasteiger partial charge in [0.25, 0.3) is 0 Å². The summed E-state index contributed by atoms with van der Waals surface area (Å²) in [6, 6.07) is 5.33. The normalized spacial score (nSPS) is 21.6. The highest BCUT2D eigenvalue weighted by molar-refractivity contribution is 9.10. The van der Waals surface area contributed by atoms with Crippen LogP contribution < -0.4 is 0 Å². The van der Waals surface area contributed by atoms with Gasteiger partial charge in [0.15, 0.2) is 0 Å². The average Bonchev–Trinajstić information content (AvgIpc) is 2.33. The smallest absolute Gasteiger partial charge is 0.116 e. The van der Waals surface area contributed by atoms with E-state index >= 15 is 0 Å². The molecule has 0 saturated carbocycles. The highest BCUT2D eigenvalue weighted by Gasteiger charge is 2.23. The van der Waals surface area contributed by atoms with Crippen molar-refractivity contribution in [2.45, 2.75) is 19.4 Å². The lowest BCUT2D eigenvalue weighted by molar-refractivity contribution is -0.0302. The van der Waals surface area contributed by atoms with E-state index in [2.05, 4.69) is 27.8 Å². The lowest BCUT2D eigenvalue weighted by Gasteiger charge is -2.33. The molecule has 4 heteroatoms. The molecule has 1 atom stereocenters. The Labute approximate surface area is 111 Å². The van der Waals surface area contributed by atoms with Gasteiger partial charge in [0.1, 0.15) is 5.75 Å². The second kappa shape index (κ2) is 5.85. The molecule has 0 aliphatic carbocycles. The zero-order chi connectivity index (χ0) is 12.3. The molecule has 1 fully saturated rings. The van der Waals surface area contributed by atoms with Crippen LogP contribution in [0.3, 0.4) is 0 Å². The standard InChI is InChI=1S/C13H18BrNO2/c1-2-5-15-6-7-17-13(9-15)11-8-10(16)3-4-12(11)14/h3-4,8,13,16H,2,5-7,9H2,1H3. The summed E-state index contributed by atoms with van der Waals surface area (Å²) < 4.78 is 6.79. The summed E-state index contributed by atoms with van der Waals surface area (Å²) in [6.07, 6.45) is 1.21. The van der Waals surface area contributed by atoms with Crippen molar-refractivity contribution in [1.82, 2.24) is 4.90 Å². The molecule has 0 amide bonds. The second-order valence-electron chi connectivity index (χ2n) is 4.37. The van der Waals surface area contributed by atoms with Gasteiger partial charge in [0, 0.05) is 17.6 Å². The number of rotatable bonds is 3. The number of ether oxygens (including phenoxy) is 1. The van der Waals surface area contributed by atoms with Crippen LogP contribution in [0.15, 0.2) is 22.7 Å². The number of phenols is 1. The fourth-order valence-electron chi connectivity index (χ4n) is 2.19. The molecule has 1 unspecified atom stereocenters. The third-order valence-electron chi connectivity index (χ3n) is 3.02. The molecule has 0 spiro atoms. The summed E-state index contributed by atoms with van der Waals surface area (Å²) in [7, 11) is 0. The van der Waals surface area contributed by atoms with Crippen LogP contribution in [-0.4, -0.2) is 36.2 Å². The summed E-state index contributed by atoms with van der Waals surface area (Å²) in [6.45, 7) is 5.95. The Kier molecular flexibility index (Phi) is 4.42. The van der Waals surface area contributed by atoms with Gasteiger partial charge in [-0.1, -0.05) is 22.9 Å². The van der Waals surface area contributed by atoms with Crippen molar-refractivity contribution in [3.63, 3.8) is 0 Å². The first kappa shape index (κ1) is 12.9. The maximum Gasteiger partial charge on any atom is 0.116 e. The van der Waals surface area contributed by atoms with Crippen LogP contribution in [0.25, 0.3) is 0 Å². The maximum absolute atomic E-state index is 9.55. The molecule has 3 nitrogen and oxygen atoms in total. The quantitative estimate of drug-likeness (QED) is 0.931. The lowest BCUT2D eigenvalue weighted by atomic mass is 10.1. The maximum atomic E-state index is 9.55. The van der Waals surface area contributed by atoms with E-state index in [0.29, 0.717) is 5.75 Å². The Morgan fingerprint density at radius 1 is 1.53 bits per heavy atom. The molecule has 17 heavy (non-hydrogen) atoms. The topological polar surface area (TPSA) is 32.7 Å². The van der Waals surface area contributed by atoms with Crippen LogP contribution in [0.2, 0.25) is 0 Å². The van der Waals surface area contributed by atoms with Crippen LogP contribution >= 0.6 is 15.9 Å². The molecule has 2 rings (SSSR count). The van der Waals surface area contributed by atoms with Crippen LogP contribution in [0.1, 0.15) is 25.0 Å². The fourth-order valence-corrected chi connectivity index (χ4v) is 2.69. The summed E-state index contributed by atoms with van der Waals surface area (Å²) in [5, 5.41) is 9.55. The lowest BCUT2D eigenvalue weighted by Crippen LogP contribution is -2.38. The predicted molar refractivity (Wildman–Crippen MR) is 71.2 cm³/mol. The Balaban J connectivity index is 2.13. The van der Waals surface area contributed by atoms with Gasteiger partial charge in [-0.2, -0.15) is 0 Å². The van der Waals surface area contributed by atoms with E-state index in [1.165, 1.54) is 0 Å². The largest absolute Gasteiger partial charge is 0.508 e. The van der Waals surface area contributed by atoms with E-state index < -0.39 is 0 Å². The minimum atomic E-state index is 0.0526. The summed E-state index contributed by atoms with van der Waals surface area (Å²) in [4.78, 5) is 2.41. The van der Waals surface area contributed by atoms with Gasteiger partial charge >= 0.3 is 0 Å². The Bertz CT molecular complexity index is 382. The van der Waals surface area contributed by atoms with Gasteiger partial charge in [-0.3, -0.25) is 4.90 Å². The second-order valence-corrected chi connectivity index (χ2v) is 5.22. The van der Waals surface area contributed by atoms with Crippen LogP contribution in [0.4, 0.5) is 0 Å². The minimum Gasteiger partial charge on any atom is -0.508 e. The number of hydrogen-bond acceptors (Lipinski definition) is 3. The van der Waals surface area contributed by atoms with E-state index in [-0.39, 0.29) is 6.10 Å². The molecule has 1 aromatic rings. The predicted octanol–water partition coefficient (Wildman–Crippen LogP) is 2.94. The average molecular weight is 300 g/mol. The molecule has 1 aromatic carbocycles. The number of phenolic OH excluding ortho intramolecular Hbond substituents is 1. The van der Waals surface area contributed by atoms with E-state index in [4.69, 9.17) is 4.74 Å². The van der Waals surface area contributed by atoms with Gasteiger partial charge in [0.05, 0.1) is 12.7 Å². The van der Waals surface area contributed by atoms with Crippen LogP contribution in [0, 0.1) is 0 Å². The van der Waals surface area contributed by atoms with Crippen molar-refractivity contribution >= 4 is 15.9 Å². The SMILES string of the molecule is CCCN1CCOC(c2cc(O)ccc2Br)C1. The molecule has 1 saturated heterocycles. The van der Waals surface area contributed by atoms with E-state index in [0.717, 1.165) is 42.7 Å². The number of morpholine rings is 1. The number of nitrogens with zero attached hydrogens (tertiary/aromatic N) is 1. The fraction of sp³-hybridized carbons (Fsp3) is 0.538. The van der Waals surface area contributed by atoms with Gasteiger partial charge in [-0.05, 0) is 36.7 Å². The molecule has 94 valence electrons. The first-order valence-corrected chi connectivity index (χ1v) is 6.82. The highest BCUT2D eigenvalue weighted by Crippen LogP contribution is 2.31. The van der Waals surface area contributed by atoms with Crippen molar-refractivity contribution in [2.24, 2.45) is 0 Å². The number of halogens is 1. The van der Waals surface area contributed by atoms with Crippen molar-refractivity contribution in [2.75, 3.05) is 26.2 Å². The number of benzene rings is 1. The molecule has 0 aromatic heterocycles. The molecule has 1 aliphatic rings. The molecular formula is C13H18BrNO2. The third-order valence-corrected chi connectivity index (χ3v) is 3.74. The van der Waals surface area contributed by atoms with Gasteiger partial charge in [-0.15, -0.1) is 0 Å². The van der Waals surface area contributed by atoms with Gasteiger partial charge in [-0.25, -0.2) is 0 Å². The minimum absolute atomic E-state index is 0.0526. The first-order chi connectivity index (χ1) is 8.20. The van der Waals surface area contributed by atoms with E-state index in [1.54, 1.807) is 12.1 Å². The zero-order valence-corrected chi connectivity index (χ0v) is 11.6. The third kappa shape index (κ3) is 3.21. The Morgan fingerprint density at radius 2 is 2.35 bits per heavy atom. The highest BCUT2D eigenvalue weighted by atomic mass is 79.9. The van der Waals surface area contributed by atoms with Crippen LogP contribution in [0.5, 0.6) is 5.75 Å². The summed E-state index contributed by atoms with van der Waals surface area (Å²) >= 11 is 3.52. The van der Waals surface area contributed by atoms with Crippen molar-refractivity contribution in [1.29, 1.82) is 0 Å². The summed E-state index contributed by atoms with van der Waals surface area (Å²) in [5.41, 5.74) is 1.03. The van der Waals surface area contributed by atoms with Gasteiger partial charge < -0.3 is 9.84 Å². The first-order valence-electron chi connectivity index (χ1n) is 6.03. The van der Waals surface area contributed by atoms with E-state index in [1.807, 2.05) is 6.07 Å². The molecule has 0 radical (unpaired) electrons. The monoisotopic (exact) mass is 299 g/mol.